The van der Waals surface area contributed by atoms with Crippen LogP contribution in [0.5, 0.6) is 0 Å². The van der Waals surface area contributed by atoms with Crippen molar-refractivity contribution in [2.75, 3.05) is 0 Å². The van der Waals surface area contributed by atoms with Crippen LogP contribution in [-0.2, 0) is 6.42 Å². The van der Waals surface area contributed by atoms with E-state index in [1.54, 1.807) is 11.9 Å². The van der Waals surface area contributed by atoms with Gasteiger partial charge >= 0.3 is 0 Å². The lowest BCUT2D eigenvalue weighted by atomic mass is 9.87. The zero-order chi connectivity index (χ0) is 17.3. The summed E-state index contributed by atoms with van der Waals surface area (Å²) in [5.41, 5.74) is 3.02. The van der Waals surface area contributed by atoms with Gasteiger partial charge in [-0.25, -0.2) is 5.01 Å². The third-order valence-corrected chi connectivity index (χ3v) is 5.03. The Morgan fingerprint density at radius 3 is 2.38 bits per heavy atom. The van der Waals surface area contributed by atoms with E-state index in [0.717, 1.165) is 17.7 Å². The number of rotatable bonds is 3. The topological polar surface area (TPSA) is 35.8 Å². The summed E-state index contributed by atoms with van der Waals surface area (Å²) in [5.74, 6) is -0.0942. The first kappa shape index (κ1) is 16.8. The number of hydrazone groups is 1. The lowest BCUT2D eigenvalue weighted by Crippen LogP contribution is -2.49. The second-order valence-electron chi connectivity index (χ2n) is 6.56. The Morgan fingerprint density at radius 2 is 1.75 bits per heavy atom. The van der Waals surface area contributed by atoms with Crippen LogP contribution in [0.2, 0.25) is 0 Å². The van der Waals surface area contributed by atoms with Gasteiger partial charge in [0.25, 0.3) is 0 Å². The Bertz CT molecular complexity index is 766. The number of nitrogens with zero attached hydrogens (tertiary/aromatic N) is 2. The van der Waals surface area contributed by atoms with Crippen LogP contribution in [0.4, 0.5) is 0 Å². The summed E-state index contributed by atoms with van der Waals surface area (Å²) >= 11 is 5.60. The van der Waals surface area contributed by atoms with Crippen LogP contribution >= 0.6 is 12.2 Å². The molecule has 0 spiro atoms. The number of hydrogen-bond donors (Lipinski definition) is 1. The Morgan fingerprint density at radius 1 is 1.12 bits per heavy atom. The summed E-state index contributed by atoms with van der Waals surface area (Å²) in [6, 6.07) is 18.2. The SMILES string of the molecule is CC1=NN(C(=S)c2ccc(C)cc2)[C@](C)(O)[C@@H]1Cc1ccccc1. The Hall–Kier alpha value is -2.04. The highest BCUT2D eigenvalue weighted by atomic mass is 32.1. The number of aliphatic hydroxyl groups is 1. The highest BCUT2D eigenvalue weighted by Gasteiger charge is 2.46. The number of benzene rings is 2. The number of hydrogen-bond acceptors (Lipinski definition) is 3. The van der Waals surface area contributed by atoms with E-state index in [-0.39, 0.29) is 5.92 Å². The van der Waals surface area contributed by atoms with Gasteiger partial charge in [0.2, 0.25) is 0 Å². The highest BCUT2D eigenvalue weighted by Crippen LogP contribution is 2.34. The predicted octanol–water partition coefficient (Wildman–Crippen LogP) is 3.93. The molecule has 2 aromatic carbocycles. The van der Waals surface area contributed by atoms with Crippen molar-refractivity contribution in [2.45, 2.75) is 32.9 Å². The normalized spacial score (nSPS) is 23.2. The van der Waals surface area contributed by atoms with Crippen LogP contribution in [0.15, 0.2) is 59.7 Å². The monoisotopic (exact) mass is 338 g/mol. The lowest BCUT2D eigenvalue weighted by molar-refractivity contribution is -0.0636. The summed E-state index contributed by atoms with van der Waals surface area (Å²) in [4.78, 5) is 0.551. The van der Waals surface area contributed by atoms with Crippen molar-refractivity contribution in [3.05, 3.63) is 71.3 Å². The molecule has 1 N–H and O–H groups in total. The highest BCUT2D eigenvalue weighted by molar-refractivity contribution is 7.80. The molecule has 2 aromatic rings. The summed E-state index contributed by atoms with van der Waals surface area (Å²) in [6.07, 6.45) is 0.732. The van der Waals surface area contributed by atoms with Gasteiger partial charge in [-0.1, -0.05) is 72.4 Å². The maximum atomic E-state index is 11.2. The van der Waals surface area contributed by atoms with Gasteiger partial charge < -0.3 is 5.11 Å². The van der Waals surface area contributed by atoms with Crippen LogP contribution in [-0.4, -0.2) is 26.5 Å². The third kappa shape index (κ3) is 3.12. The smallest absolute Gasteiger partial charge is 0.165 e. The second kappa shape index (κ2) is 6.46. The van der Waals surface area contributed by atoms with Crippen LogP contribution in [0.25, 0.3) is 0 Å². The van der Waals surface area contributed by atoms with Crippen LogP contribution < -0.4 is 0 Å². The first-order chi connectivity index (χ1) is 11.4. The van der Waals surface area contributed by atoms with Crippen molar-refractivity contribution in [1.82, 2.24) is 5.01 Å². The molecule has 124 valence electrons. The van der Waals surface area contributed by atoms with Crippen molar-refractivity contribution in [2.24, 2.45) is 11.0 Å². The second-order valence-corrected chi connectivity index (χ2v) is 6.95. The minimum Gasteiger partial charge on any atom is -0.369 e. The van der Waals surface area contributed by atoms with E-state index in [9.17, 15) is 5.11 Å². The molecule has 0 saturated heterocycles. The number of thiocarbonyl (C=S) groups is 1. The fourth-order valence-corrected chi connectivity index (χ4v) is 3.49. The fourth-order valence-electron chi connectivity index (χ4n) is 3.13. The Balaban J connectivity index is 1.86. The molecule has 0 fully saturated rings. The number of aryl methyl sites for hydroxylation is 1. The van der Waals surface area contributed by atoms with Crippen molar-refractivity contribution >= 4 is 22.9 Å². The molecule has 0 aliphatic carbocycles. The standard InChI is InChI=1S/C20H22N2OS/c1-14-9-11-17(12-10-14)19(24)22-20(3,23)18(15(2)21-22)13-16-7-5-4-6-8-16/h4-12,18,23H,13H2,1-3H3/t18-,20-/m1/s1. The molecule has 1 heterocycles. The minimum absolute atomic E-state index is 0.0942. The average molecular weight is 338 g/mol. The summed E-state index contributed by atoms with van der Waals surface area (Å²) in [7, 11) is 0. The molecular formula is C20H22N2OS. The van der Waals surface area contributed by atoms with Crippen molar-refractivity contribution in [1.29, 1.82) is 0 Å². The molecule has 0 unspecified atom stereocenters. The zero-order valence-electron chi connectivity index (χ0n) is 14.2. The molecule has 24 heavy (non-hydrogen) atoms. The van der Waals surface area contributed by atoms with Gasteiger partial charge in [-0.3, -0.25) is 0 Å². The van der Waals surface area contributed by atoms with Gasteiger partial charge in [0.05, 0.1) is 5.92 Å². The molecule has 4 heteroatoms. The predicted molar refractivity (Wildman–Crippen MR) is 102 cm³/mol. The van der Waals surface area contributed by atoms with E-state index in [1.165, 1.54) is 11.1 Å². The molecule has 0 amide bonds. The molecular weight excluding hydrogens is 316 g/mol. The Kier molecular flexibility index (Phi) is 4.52. The van der Waals surface area contributed by atoms with E-state index in [2.05, 4.69) is 17.2 Å². The first-order valence-corrected chi connectivity index (χ1v) is 8.53. The minimum atomic E-state index is -1.14. The largest absolute Gasteiger partial charge is 0.369 e. The summed E-state index contributed by atoms with van der Waals surface area (Å²) < 4.78 is 0. The molecule has 3 nitrogen and oxygen atoms in total. The zero-order valence-corrected chi connectivity index (χ0v) is 15.0. The van der Waals surface area contributed by atoms with Gasteiger partial charge in [-0.2, -0.15) is 5.10 Å². The molecule has 1 aliphatic heterocycles. The van der Waals surface area contributed by atoms with Crippen LogP contribution in [0, 0.1) is 12.8 Å². The van der Waals surface area contributed by atoms with E-state index >= 15 is 0 Å². The third-order valence-electron chi connectivity index (χ3n) is 4.62. The molecule has 3 rings (SSSR count). The van der Waals surface area contributed by atoms with Gasteiger partial charge in [0.15, 0.2) is 5.72 Å². The fraction of sp³-hybridized carbons (Fsp3) is 0.300. The van der Waals surface area contributed by atoms with Crippen molar-refractivity contribution in [3.8, 4) is 0 Å². The van der Waals surface area contributed by atoms with E-state index < -0.39 is 5.72 Å². The summed E-state index contributed by atoms with van der Waals surface area (Å²) in [5, 5.41) is 17.3. The molecule has 0 saturated carbocycles. The van der Waals surface area contributed by atoms with Gasteiger partial charge in [0.1, 0.15) is 4.99 Å². The van der Waals surface area contributed by atoms with Gasteiger partial charge in [-0.05, 0) is 32.8 Å². The van der Waals surface area contributed by atoms with Crippen LogP contribution in [0.1, 0.15) is 30.5 Å². The summed E-state index contributed by atoms with van der Waals surface area (Å²) in [6.45, 7) is 5.79. The van der Waals surface area contributed by atoms with E-state index in [0.29, 0.717) is 4.99 Å². The maximum absolute atomic E-state index is 11.2. The lowest BCUT2D eigenvalue weighted by Gasteiger charge is -2.34. The van der Waals surface area contributed by atoms with Crippen LogP contribution in [0.3, 0.4) is 0 Å². The van der Waals surface area contributed by atoms with E-state index in [1.807, 2.05) is 56.3 Å². The molecule has 0 bridgehead atoms. The van der Waals surface area contributed by atoms with Crippen molar-refractivity contribution < 1.29 is 5.11 Å². The Labute approximate surface area is 148 Å². The van der Waals surface area contributed by atoms with Crippen molar-refractivity contribution in [3.63, 3.8) is 0 Å². The quantitative estimate of drug-likeness (QED) is 0.862. The van der Waals surface area contributed by atoms with Gasteiger partial charge in [-0.15, -0.1) is 0 Å². The molecule has 0 aromatic heterocycles. The van der Waals surface area contributed by atoms with Gasteiger partial charge in [0, 0.05) is 11.3 Å². The molecule has 0 radical (unpaired) electrons. The molecule has 1 aliphatic rings. The molecule has 2 atom stereocenters. The average Bonchev–Trinajstić information content (AvgIpc) is 2.79. The van der Waals surface area contributed by atoms with E-state index in [4.69, 9.17) is 12.2 Å². The first-order valence-electron chi connectivity index (χ1n) is 8.12. The maximum Gasteiger partial charge on any atom is 0.165 e.